The molecule has 22 heavy (non-hydrogen) atoms. The fourth-order valence-corrected chi connectivity index (χ4v) is 2.76. The number of aromatic nitrogens is 2. The number of nitrogens with one attached hydrogen (secondary N) is 1. The molecule has 1 atom stereocenters. The first-order valence-electron chi connectivity index (χ1n) is 7.91. The Kier molecular flexibility index (Phi) is 2.52. The summed E-state index contributed by atoms with van der Waals surface area (Å²) in [5, 5.41) is 2.34. The minimum absolute atomic E-state index is 0.0527. The average molecular weight is 302 g/mol. The van der Waals surface area contributed by atoms with Gasteiger partial charge >= 0.3 is 0 Å². The second-order valence-electron chi connectivity index (χ2n) is 5.50. The highest BCUT2D eigenvalue weighted by Crippen LogP contribution is 2.27. The zero-order valence-corrected chi connectivity index (χ0v) is 11.9. The fourth-order valence-electron chi connectivity index (χ4n) is 2.76. The van der Waals surface area contributed by atoms with Crippen LogP contribution in [0.1, 0.15) is 28.3 Å². The lowest BCUT2D eigenvalue weighted by molar-refractivity contribution is -0.140. The molecule has 114 valence electrons. The molecular weight excluding hydrogens is 284 g/mol. The summed E-state index contributed by atoms with van der Waals surface area (Å²) in [7, 11) is 0. The summed E-state index contributed by atoms with van der Waals surface area (Å²) in [6.45, 7) is -0.0832. The van der Waals surface area contributed by atoms with Crippen LogP contribution >= 0.6 is 0 Å². The van der Waals surface area contributed by atoms with E-state index in [-0.39, 0.29) is 35.3 Å². The van der Waals surface area contributed by atoms with Crippen molar-refractivity contribution in [2.45, 2.75) is 32.2 Å². The third-order valence-electron chi connectivity index (χ3n) is 4.03. The molecule has 1 aliphatic heterocycles. The van der Waals surface area contributed by atoms with Crippen LogP contribution in [0.5, 0.6) is 0 Å². The number of hydrogen-bond acceptors (Lipinski definition) is 5. The first-order chi connectivity index (χ1) is 11.3. The van der Waals surface area contributed by atoms with Gasteiger partial charge in [0.1, 0.15) is 11.4 Å². The lowest BCUT2D eigenvalue weighted by Crippen LogP contribution is -2.56. The molecule has 0 radical (unpaired) electrons. The topological polar surface area (TPSA) is 107 Å². The van der Waals surface area contributed by atoms with Crippen LogP contribution in [-0.2, 0) is 15.1 Å². The number of hydrogen-bond donors (Lipinski definition) is 2. The number of nitrogens with zero attached hydrogens (tertiary/aromatic N) is 2. The van der Waals surface area contributed by atoms with Gasteiger partial charge < -0.3 is 5.73 Å². The number of nitrogen functional groups attached to an aromatic ring is 1. The van der Waals surface area contributed by atoms with E-state index >= 15 is 0 Å². The number of aryl methyl sites for hydroxylation is 1. The second-order valence-corrected chi connectivity index (χ2v) is 5.50. The van der Waals surface area contributed by atoms with E-state index in [1.807, 2.05) is 0 Å². The molecule has 1 aromatic carbocycles. The molecule has 1 fully saturated rings. The van der Waals surface area contributed by atoms with Gasteiger partial charge in [0, 0.05) is 14.8 Å². The zero-order chi connectivity index (χ0) is 17.6. The third-order valence-corrected chi connectivity index (χ3v) is 4.03. The SMILES string of the molecule is [2H]C([2H])c1nc2cccc(N)c2c(=O)n1[C@@]1(C)CCC(=O)NC1=O. The van der Waals surface area contributed by atoms with Crippen LogP contribution in [0.2, 0.25) is 0 Å². The Labute approximate surface area is 128 Å². The van der Waals surface area contributed by atoms with Crippen LogP contribution in [-0.4, -0.2) is 21.4 Å². The number of benzene rings is 1. The van der Waals surface area contributed by atoms with Gasteiger partial charge in [-0.3, -0.25) is 24.3 Å². The highest BCUT2D eigenvalue weighted by atomic mass is 16.2. The Balaban J connectivity index is 2.38. The van der Waals surface area contributed by atoms with Crippen molar-refractivity contribution >= 4 is 28.4 Å². The molecular formula is C15H16N4O3. The average Bonchev–Trinajstić information content (AvgIpc) is 2.51. The molecule has 0 unspecified atom stereocenters. The molecule has 2 aromatic rings. The largest absolute Gasteiger partial charge is 0.398 e. The molecule has 1 aliphatic rings. The van der Waals surface area contributed by atoms with E-state index < -0.39 is 29.8 Å². The number of piperidine rings is 1. The molecule has 7 heteroatoms. The lowest BCUT2D eigenvalue weighted by Gasteiger charge is -2.34. The van der Waals surface area contributed by atoms with Gasteiger partial charge in [-0.15, -0.1) is 0 Å². The van der Waals surface area contributed by atoms with Crippen molar-refractivity contribution in [1.29, 1.82) is 0 Å². The second kappa shape index (κ2) is 4.66. The predicted octanol–water partition coefficient (Wildman–Crippen LogP) is 0.439. The van der Waals surface area contributed by atoms with Gasteiger partial charge in [-0.2, -0.15) is 0 Å². The number of fused-ring (bicyclic) bond motifs is 1. The maximum absolute atomic E-state index is 13.0. The minimum Gasteiger partial charge on any atom is -0.398 e. The number of rotatable bonds is 1. The molecule has 3 N–H and O–H groups in total. The normalized spacial score (nSPS) is 23.4. The highest BCUT2D eigenvalue weighted by Gasteiger charge is 2.42. The van der Waals surface area contributed by atoms with Gasteiger partial charge in [-0.1, -0.05) is 6.07 Å². The van der Waals surface area contributed by atoms with Crippen molar-refractivity contribution in [3.8, 4) is 0 Å². The van der Waals surface area contributed by atoms with E-state index in [0.29, 0.717) is 0 Å². The van der Waals surface area contributed by atoms with Crippen molar-refractivity contribution in [2.75, 3.05) is 5.73 Å². The van der Waals surface area contributed by atoms with Gasteiger partial charge in [0.2, 0.25) is 5.91 Å². The van der Waals surface area contributed by atoms with Crippen LogP contribution in [0.25, 0.3) is 10.9 Å². The molecule has 3 rings (SSSR count). The number of amides is 2. The highest BCUT2D eigenvalue weighted by molar-refractivity contribution is 6.01. The van der Waals surface area contributed by atoms with Crippen LogP contribution < -0.4 is 16.6 Å². The summed E-state index contributed by atoms with van der Waals surface area (Å²) in [5.41, 5.74) is 4.35. The Morgan fingerprint density at radius 2 is 2.18 bits per heavy atom. The molecule has 0 saturated carbocycles. The van der Waals surface area contributed by atoms with E-state index in [2.05, 4.69) is 10.3 Å². The van der Waals surface area contributed by atoms with Crippen molar-refractivity contribution in [1.82, 2.24) is 14.9 Å². The quantitative estimate of drug-likeness (QED) is 0.587. The molecule has 1 saturated heterocycles. The number of imide groups is 1. The molecule has 7 nitrogen and oxygen atoms in total. The smallest absolute Gasteiger partial charge is 0.264 e. The fraction of sp³-hybridized carbons (Fsp3) is 0.333. The van der Waals surface area contributed by atoms with E-state index in [0.717, 1.165) is 4.57 Å². The number of carbonyl (C=O) groups is 2. The van der Waals surface area contributed by atoms with Gasteiger partial charge in [-0.25, -0.2) is 4.98 Å². The maximum Gasteiger partial charge on any atom is 0.264 e. The van der Waals surface area contributed by atoms with Gasteiger partial charge in [-0.05, 0) is 32.4 Å². The molecule has 0 aliphatic carbocycles. The summed E-state index contributed by atoms with van der Waals surface area (Å²) in [6.07, 6.45) is 0.133. The monoisotopic (exact) mass is 302 g/mol. The van der Waals surface area contributed by atoms with Crippen LogP contribution in [0.15, 0.2) is 23.0 Å². The van der Waals surface area contributed by atoms with E-state index in [1.165, 1.54) is 6.92 Å². The van der Waals surface area contributed by atoms with Gasteiger partial charge in [0.15, 0.2) is 0 Å². The number of nitrogens with two attached hydrogens (primary N) is 1. The van der Waals surface area contributed by atoms with Crippen LogP contribution in [0.3, 0.4) is 0 Å². The van der Waals surface area contributed by atoms with Gasteiger partial charge in [0.25, 0.3) is 11.5 Å². The van der Waals surface area contributed by atoms with Crippen molar-refractivity contribution < 1.29 is 12.3 Å². The van der Waals surface area contributed by atoms with E-state index in [9.17, 15) is 14.4 Å². The van der Waals surface area contributed by atoms with E-state index in [1.54, 1.807) is 18.2 Å². The van der Waals surface area contributed by atoms with Crippen LogP contribution in [0, 0.1) is 6.88 Å². The standard InChI is InChI=1S/C15H16N4O3/c1-8-17-10-5-3-4-9(16)12(10)13(21)19(8)15(2)7-6-11(20)18-14(15)22/h3-5H,6-7,16H2,1-2H3,(H,18,20,22)/t15-/m0/s1/i1D2. The maximum atomic E-state index is 13.0. The number of carbonyl (C=O) groups excluding carboxylic acids is 2. The summed E-state index contributed by atoms with van der Waals surface area (Å²) >= 11 is 0. The third kappa shape index (κ3) is 1.89. The molecule has 2 heterocycles. The first-order valence-corrected chi connectivity index (χ1v) is 6.76. The van der Waals surface area contributed by atoms with Crippen molar-refractivity contribution in [3.63, 3.8) is 0 Å². The Morgan fingerprint density at radius 3 is 2.86 bits per heavy atom. The molecule has 1 aromatic heterocycles. The predicted molar refractivity (Wildman–Crippen MR) is 81.2 cm³/mol. The summed E-state index contributed by atoms with van der Waals surface area (Å²) in [6, 6.07) is 4.73. The summed E-state index contributed by atoms with van der Waals surface area (Å²) < 4.78 is 16.5. The Bertz CT molecular complexity index is 925. The van der Waals surface area contributed by atoms with Gasteiger partial charge in [0.05, 0.1) is 10.9 Å². The van der Waals surface area contributed by atoms with E-state index in [4.69, 9.17) is 8.48 Å². The van der Waals surface area contributed by atoms with Crippen molar-refractivity contribution in [3.05, 3.63) is 34.4 Å². The van der Waals surface area contributed by atoms with Crippen molar-refractivity contribution in [2.24, 2.45) is 0 Å². The first kappa shape index (κ1) is 11.9. The zero-order valence-electron chi connectivity index (χ0n) is 13.9. The summed E-state index contributed by atoms with van der Waals surface area (Å²) in [5.74, 6) is -1.24. The number of anilines is 1. The summed E-state index contributed by atoms with van der Waals surface area (Å²) in [4.78, 5) is 41.1. The lowest BCUT2D eigenvalue weighted by atomic mass is 9.90. The molecule has 0 bridgehead atoms. The van der Waals surface area contributed by atoms with Crippen LogP contribution in [0.4, 0.5) is 5.69 Å². The minimum atomic E-state index is -1.58. The molecule has 0 spiro atoms. The Morgan fingerprint density at radius 1 is 1.41 bits per heavy atom. The molecule has 2 amide bonds. The Hall–Kier alpha value is -2.70.